The van der Waals surface area contributed by atoms with Crippen LogP contribution >= 0.6 is 11.8 Å². The molecule has 1 aromatic heterocycles. The van der Waals surface area contributed by atoms with E-state index in [1.165, 1.54) is 11.1 Å². The summed E-state index contributed by atoms with van der Waals surface area (Å²) in [6.07, 6.45) is 1.00. The molecule has 0 saturated carbocycles. The number of aromatic nitrogens is 3. The van der Waals surface area contributed by atoms with Crippen molar-refractivity contribution in [2.75, 3.05) is 6.54 Å². The summed E-state index contributed by atoms with van der Waals surface area (Å²) >= 11 is 1.69. The van der Waals surface area contributed by atoms with Crippen molar-refractivity contribution in [3.63, 3.8) is 0 Å². The Morgan fingerprint density at radius 1 is 1.43 bits per heavy atom. The van der Waals surface area contributed by atoms with Gasteiger partial charge in [0.25, 0.3) is 0 Å². The Kier molecular flexibility index (Phi) is 4.17. The normalized spacial score (nSPS) is 20.7. The van der Waals surface area contributed by atoms with E-state index in [-0.39, 0.29) is 5.69 Å². The molecule has 0 spiro atoms. The SMILES string of the molecule is CCNC1c2ccccc2CC1Sc1n[nH]c(=O)n1CC. The molecule has 6 heteroatoms. The average molecular weight is 304 g/mol. The van der Waals surface area contributed by atoms with E-state index >= 15 is 0 Å². The van der Waals surface area contributed by atoms with Gasteiger partial charge in [0.2, 0.25) is 0 Å². The Morgan fingerprint density at radius 3 is 3.00 bits per heavy atom. The van der Waals surface area contributed by atoms with E-state index in [0.29, 0.717) is 17.8 Å². The molecule has 2 unspecified atom stereocenters. The Morgan fingerprint density at radius 2 is 2.24 bits per heavy atom. The maximum absolute atomic E-state index is 11.7. The Labute approximate surface area is 128 Å². The zero-order valence-corrected chi connectivity index (χ0v) is 13.1. The number of fused-ring (bicyclic) bond motifs is 1. The Bertz CT molecular complexity index is 678. The minimum atomic E-state index is -0.129. The maximum atomic E-state index is 11.7. The molecule has 2 N–H and O–H groups in total. The van der Waals surface area contributed by atoms with Crippen LogP contribution in [0.3, 0.4) is 0 Å². The highest BCUT2D eigenvalue weighted by atomic mass is 32.2. The van der Waals surface area contributed by atoms with Crippen LogP contribution in [0.4, 0.5) is 0 Å². The second-order valence-corrected chi connectivity index (χ2v) is 6.36. The lowest BCUT2D eigenvalue weighted by atomic mass is 10.1. The molecular weight excluding hydrogens is 284 g/mol. The summed E-state index contributed by atoms with van der Waals surface area (Å²) in [6, 6.07) is 8.88. The molecule has 2 aromatic rings. The quantitative estimate of drug-likeness (QED) is 0.886. The van der Waals surface area contributed by atoms with Crippen LogP contribution in [0.1, 0.15) is 31.0 Å². The van der Waals surface area contributed by atoms with Gasteiger partial charge in [-0.2, -0.15) is 0 Å². The van der Waals surface area contributed by atoms with Crippen molar-refractivity contribution in [1.82, 2.24) is 20.1 Å². The lowest BCUT2D eigenvalue weighted by molar-refractivity contribution is 0.557. The van der Waals surface area contributed by atoms with Gasteiger partial charge >= 0.3 is 5.69 Å². The zero-order valence-electron chi connectivity index (χ0n) is 12.3. The zero-order chi connectivity index (χ0) is 14.8. The van der Waals surface area contributed by atoms with Gasteiger partial charge in [0, 0.05) is 17.8 Å². The van der Waals surface area contributed by atoms with Gasteiger partial charge in [-0.25, -0.2) is 9.89 Å². The molecule has 3 rings (SSSR count). The number of aromatic amines is 1. The van der Waals surface area contributed by atoms with Crippen LogP contribution in [0.25, 0.3) is 0 Å². The van der Waals surface area contributed by atoms with Crippen molar-refractivity contribution in [2.24, 2.45) is 0 Å². The number of rotatable bonds is 5. The van der Waals surface area contributed by atoms with Crippen LogP contribution in [-0.2, 0) is 13.0 Å². The molecule has 0 bridgehead atoms. The van der Waals surface area contributed by atoms with Crippen LogP contribution in [0, 0.1) is 0 Å². The molecule has 2 atom stereocenters. The minimum Gasteiger partial charge on any atom is -0.309 e. The van der Waals surface area contributed by atoms with Crippen LogP contribution in [0.5, 0.6) is 0 Å². The summed E-state index contributed by atoms with van der Waals surface area (Å²) in [4.78, 5) is 11.7. The fourth-order valence-corrected chi connectivity index (χ4v) is 4.29. The molecule has 0 saturated heterocycles. The number of benzene rings is 1. The fourth-order valence-electron chi connectivity index (χ4n) is 2.94. The van der Waals surface area contributed by atoms with Crippen LogP contribution in [0.15, 0.2) is 34.2 Å². The van der Waals surface area contributed by atoms with Gasteiger partial charge in [-0.3, -0.25) is 4.57 Å². The van der Waals surface area contributed by atoms with Gasteiger partial charge < -0.3 is 5.32 Å². The second kappa shape index (κ2) is 6.07. The summed E-state index contributed by atoms with van der Waals surface area (Å²) in [5.74, 6) is 0. The average Bonchev–Trinajstić information content (AvgIpc) is 3.01. The topological polar surface area (TPSA) is 62.7 Å². The van der Waals surface area contributed by atoms with E-state index in [0.717, 1.165) is 18.1 Å². The lowest BCUT2D eigenvalue weighted by Gasteiger charge is -2.20. The predicted molar refractivity (Wildman–Crippen MR) is 84.7 cm³/mol. The van der Waals surface area contributed by atoms with E-state index in [4.69, 9.17) is 0 Å². The van der Waals surface area contributed by atoms with Gasteiger partial charge in [-0.1, -0.05) is 43.0 Å². The van der Waals surface area contributed by atoms with E-state index in [1.54, 1.807) is 16.3 Å². The van der Waals surface area contributed by atoms with Gasteiger partial charge in [-0.15, -0.1) is 5.10 Å². The molecule has 1 aromatic carbocycles. The fraction of sp³-hybridized carbons (Fsp3) is 0.467. The molecule has 1 aliphatic rings. The highest BCUT2D eigenvalue weighted by molar-refractivity contribution is 7.99. The summed E-state index contributed by atoms with van der Waals surface area (Å²) in [6.45, 7) is 5.66. The molecule has 112 valence electrons. The monoisotopic (exact) mass is 304 g/mol. The largest absolute Gasteiger partial charge is 0.343 e. The number of nitrogens with zero attached hydrogens (tertiary/aromatic N) is 2. The van der Waals surface area contributed by atoms with E-state index < -0.39 is 0 Å². The van der Waals surface area contributed by atoms with Crippen LogP contribution in [0.2, 0.25) is 0 Å². The Balaban J connectivity index is 1.87. The molecule has 1 aliphatic carbocycles. The molecule has 0 fully saturated rings. The molecule has 21 heavy (non-hydrogen) atoms. The van der Waals surface area contributed by atoms with Crippen molar-refractivity contribution in [3.8, 4) is 0 Å². The van der Waals surface area contributed by atoms with Crippen LogP contribution in [-0.4, -0.2) is 26.6 Å². The van der Waals surface area contributed by atoms with Gasteiger partial charge in [-0.05, 0) is 31.0 Å². The van der Waals surface area contributed by atoms with Crippen LogP contribution < -0.4 is 11.0 Å². The van der Waals surface area contributed by atoms with E-state index in [2.05, 4.69) is 46.7 Å². The first kappa shape index (κ1) is 14.4. The molecular formula is C15H20N4OS. The smallest absolute Gasteiger partial charge is 0.309 e. The molecule has 1 heterocycles. The number of nitrogens with one attached hydrogen (secondary N) is 2. The lowest BCUT2D eigenvalue weighted by Crippen LogP contribution is -2.27. The van der Waals surface area contributed by atoms with Crippen molar-refractivity contribution in [1.29, 1.82) is 0 Å². The highest BCUT2D eigenvalue weighted by Gasteiger charge is 2.33. The van der Waals surface area contributed by atoms with Gasteiger partial charge in [0.1, 0.15) is 0 Å². The van der Waals surface area contributed by atoms with Crippen molar-refractivity contribution >= 4 is 11.8 Å². The highest BCUT2D eigenvalue weighted by Crippen LogP contribution is 2.40. The first-order chi connectivity index (χ1) is 10.2. The van der Waals surface area contributed by atoms with E-state index in [1.807, 2.05) is 6.92 Å². The van der Waals surface area contributed by atoms with E-state index in [9.17, 15) is 4.79 Å². The van der Waals surface area contributed by atoms with Crippen molar-refractivity contribution in [3.05, 3.63) is 45.9 Å². The Hall–Kier alpha value is -1.53. The van der Waals surface area contributed by atoms with Crippen molar-refractivity contribution < 1.29 is 0 Å². The summed E-state index contributed by atoms with van der Waals surface area (Å²) in [7, 11) is 0. The van der Waals surface area contributed by atoms with Crippen molar-refractivity contribution in [2.45, 2.75) is 43.3 Å². The third-order valence-electron chi connectivity index (χ3n) is 3.90. The number of thioether (sulfide) groups is 1. The molecule has 0 radical (unpaired) electrons. The molecule has 0 amide bonds. The third-order valence-corrected chi connectivity index (χ3v) is 5.17. The summed E-state index contributed by atoms with van der Waals surface area (Å²) < 4.78 is 1.69. The number of hydrogen-bond donors (Lipinski definition) is 2. The number of hydrogen-bond acceptors (Lipinski definition) is 4. The summed E-state index contributed by atoms with van der Waals surface area (Å²) in [5, 5.41) is 11.4. The molecule has 5 nitrogen and oxygen atoms in total. The number of H-pyrrole nitrogens is 1. The summed E-state index contributed by atoms with van der Waals surface area (Å²) in [5.41, 5.74) is 2.63. The molecule has 0 aliphatic heterocycles. The standard InChI is InChI=1S/C15H20N4OS/c1-3-16-13-11-8-6-5-7-10(11)9-12(13)21-15-18-17-14(20)19(15)4-2/h5-8,12-13,16H,3-4,9H2,1-2H3,(H,17,20). The van der Waals surface area contributed by atoms with Gasteiger partial charge in [0.05, 0.1) is 0 Å². The minimum absolute atomic E-state index is 0.129. The first-order valence-corrected chi connectivity index (χ1v) is 8.25. The predicted octanol–water partition coefficient (Wildman–Crippen LogP) is 1.96. The second-order valence-electron chi connectivity index (χ2n) is 5.15. The van der Waals surface area contributed by atoms with Gasteiger partial charge in [0.15, 0.2) is 5.16 Å². The third kappa shape index (κ3) is 2.65. The first-order valence-electron chi connectivity index (χ1n) is 7.37. The maximum Gasteiger partial charge on any atom is 0.343 e.